The number of hydrogen-bond donors (Lipinski definition) is 2. The van der Waals surface area contributed by atoms with Crippen molar-refractivity contribution in [3.05, 3.63) is 29.8 Å². The number of nitrogens with zero attached hydrogens (tertiary/aromatic N) is 1. The molecule has 0 aliphatic heterocycles. The van der Waals surface area contributed by atoms with Crippen molar-refractivity contribution in [3.63, 3.8) is 0 Å². The second kappa shape index (κ2) is 6.85. The van der Waals surface area contributed by atoms with Gasteiger partial charge in [0.15, 0.2) is 0 Å². The number of anilines is 1. The normalized spacial score (nSPS) is 21.9. The van der Waals surface area contributed by atoms with Crippen LogP contribution in [0, 0.1) is 17.6 Å². The van der Waals surface area contributed by atoms with Crippen molar-refractivity contribution in [1.29, 1.82) is 0 Å². The number of amides is 2. The van der Waals surface area contributed by atoms with Gasteiger partial charge in [-0.2, -0.15) is 0 Å². The lowest BCUT2D eigenvalue weighted by Crippen LogP contribution is -2.40. The Labute approximate surface area is 122 Å². The van der Waals surface area contributed by atoms with Crippen molar-refractivity contribution in [2.75, 3.05) is 18.9 Å². The smallest absolute Gasteiger partial charge is 0.321 e. The summed E-state index contributed by atoms with van der Waals surface area (Å²) >= 11 is 0. The van der Waals surface area contributed by atoms with E-state index in [2.05, 4.69) is 5.32 Å². The van der Waals surface area contributed by atoms with Crippen LogP contribution in [0.2, 0.25) is 0 Å². The third-order valence-corrected chi connectivity index (χ3v) is 3.84. The Balaban J connectivity index is 1.92. The van der Waals surface area contributed by atoms with Crippen molar-refractivity contribution in [3.8, 4) is 0 Å². The monoisotopic (exact) mass is 298 g/mol. The molecule has 1 aliphatic carbocycles. The predicted molar refractivity (Wildman–Crippen MR) is 76.0 cm³/mol. The molecule has 0 radical (unpaired) electrons. The highest BCUT2D eigenvalue weighted by molar-refractivity contribution is 5.89. The number of hydrogen-bond acceptors (Lipinski definition) is 2. The van der Waals surface area contributed by atoms with E-state index in [0.29, 0.717) is 6.54 Å². The molecule has 0 heterocycles. The summed E-state index contributed by atoms with van der Waals surface area (Å²) in [5.41, 5.74) is 0.0774. The molecule has 1 aromatic rings. The SMILES string of the molecule is CN(CC1CCCCC1O)C(=O)Nc1cc(F)cc(F)c1. The molecule has 2 atom stereocenters. The Bertz CT molecular complexity index is 490. The van der Waals surface area contributed by atoms with E-state index in [9.17, 15) is 18.7 Å². The average molecular weight is 298 g/mol. The zero-order chi connectivity index (χ0) is 15.4. The van der Waals surface area contributed by atoms with Crippen molar-refractivity contribution in [2.24, 2.45) is 5.92 Å². The summed E-state index contributed by atoms with van der Waals surface area (Å²) in [6.45, 7) is 0.421. The van der Waals surface area contributed by atoms with Gasteiger partial charge in [-0.05, 0) is 25.0 Å². The van der Waals surface area contributed by atoms with Gasteiger partial charge in [0, 0.05) is 31.3 Å². The van der Waals surface area contributed by atoms with Crippen molar-refractivity contribution < 1.29 is 18.7 Å². The molecule has 2 rings (SSSR count). The van der Waals surface area contributed by atoms with Crippen molar-refractivity contribution >= 4 is 11.7 Å². The molecule has 0 bridgehead atoms. The summed E-state index contributed by atoms with van der Waals surface area (Å²) in [6.07, 6.45) is 3.31. The van der Waals surface area contributed by atoms with Crippen LogP contribution < -0.4 is 5.32 Å². The molecule has 21 heavy (non-hydrogen) atoms. The fourth-order valence-electron chi connectivity index (χ4n) is 2.68. The number of carbonyl (C=O) groups is 1. The van der Waals surface area contributed by atoms with Crippen LogP contribution in [0.3, 0.4) is 0 Å². The second-order valence-electron chi connectivity index (χ2n) is 5.58. The summed E-state index contributed by atoms with van der Waals surface area (Å²) in [6, 6.07) is 2.42. The topological polar surface area (TPSA) is 52.6 Å². The minimum Gasteiger partial charge on any atom is -0.393 e. The standard InChI is InChI=1S/C15H20F2N2O2/c1-19(9-10-4-2-3-5-14(10)20)15(21)18-13-7-11(16)6-12(17)8-13/h6-8,10,14,20H,2-5,9H2,1H3,(H,18,21). The first kappa shape index (κ1) is 15.7. The number of halogens is 2. The zero-order valence-electron chi connectivity index (χ0n) is 12.0. The number of rotatable bonds is 3. The molecular formula is C15H20F2N2O2. The van der Waals surface area contributed by atoms with Crippen LogP contribution in [0.5, 0.6) is 0 Å². The van der Waals surface area contributed by atoms with Crippen LogP contribution in [0.4, 0.5) is 19.3 Å². The maximum absolute atomic E-state index is 13.1. The first-order valence-corrected chi connectivity index (χ1v) is 7.12. The summed E-state index contributed by atoms with van der Waals surface area (Å²) in [4.78, 5) is 13.4. The molecule has 2 unspecified atom stereocenters. The molecule has 6 heteroatoms. The summed E-state index contributed by atoms with van der Waals surface area (Å²) in [7, 11) is 1.60. The van der Waals surface area contributed by atoms with Gasteiger partial charge in [0.25, 0.3) is 0 Å². The first-order chi connectivity index (χ1) is 9.95. The lowest BCUT2D eigenvalue weighted by molar-refractivity contribution is 0.0575. The number of aliphatic hydroxyl groups is 1. The van der Waals surface area contributed by atoms with E-state index in [1.807, 2.05) is 0 Å². The van der Waals surface area contributed by atoms with Crippen LogP contribution in [0.1, 0.15) is 25.7 Å². The molecular weight excluding hydrogens is 278 g/mol. The van der Waals surface area contributed by atoms with E-state index in [1.165, 1.54) is 4.90 Å². The first-order valence-electron chi connectivity index (χ1n) is 7.12. The van der Waals surface area contributed by atoms with Gasteiger partial charge in [-0.25, -0.2) is 13.6 Å². The van der Waals surface area contributed by atoms with Gasteiger partial charge in [0.2, 0.25) is 0 Å². The number of nitrogens with one attached hydrogen (secondary N) is 1. The molecule has 1 aliphatic rings. The highest BCUT2D eigenvalue weighted by Crippen LogP contribution is 2.25. The minimum absolute atomic E-state index is 0.0544. The quantitative estimate of drug-likeness (QED) is 0.901. The van der Waals surface area contributed by atoms with Gasteiger partial charge in [0.05, 0.1) is 6.10 Å². The lowest BCUT2D eigenvalue weighted by atomic mass is 9.86. The van der Waals surface area contributed by atoms with Gasteiger partial charge in [0.1, 0.15) is 11.6 Å². The Hall–Kier alpha value is -1.69. The van der Waals surface area contributed by atoms with E-state index in [0.717, 1.165) is 43.9 Å². The fraction of sp³-hybridized carbons (Fsp3) is 0.533. The van der Waals surface area contributed by atoms with Gasteiger partial charge in [-0.15, -0.1) is 0 Å². The lowest BCUT2D eigenvalue weighted by Gasteiger charge is -2.31. The Morgan fingerprint density at radius 3 is 2.52 bits per heavy atom. The zero-order valence-corrected chi connectivity index (χ0v) is 12.0. The van der Waals surface area contributed by atoms with Gasteiger partial charge in [-0.3, -0.25) is 0 Å². The van der Waals surface area contributed by atoms with Gasteiger partial charge in [-0.1, -0.05) is 12.8 Å². The van der Waals surface area contributed by atoms with E-state index < -0.39 is 17.7 Å². The molecule has 116 valence electrons. The van der Waals surface area contributed by atoms with E-state index in [4.69, 9.17) is 0 Å². The molecule has 2 amide bonds. The average Bonchev–Trinajstić information content (AvgIpc) is 2.40. The van der Waals surface area contributed by atoms with Crippen molar-refractivity contribution in [1.82, 2.24) is 4.90 Å². The number of urea groups is 1. The third-order valence-electron chi connectivity index (χ3n) is 3.84. The van der Waals surface area contributed by atoms with Crippen molar-refractivity contribution in [2.45, 2.75) is 31.8 Å². The highest BCUT2D eigenvalue weighted by atomic mass is 19.1. The Morgan fingerprint density at radius 2 is 1.90 bits per heavy atom. The van der Waals surface area contributed by atoms with Gasteiger partial charge >= 0.3 is 6.03 Å². The Kier molecular flexibility index (Phi) is 5.12. The Morgan fingerprint density at radius 1 is 1.29 bits per heavy atom. The summed E-state index contributed by atoms with van der Waals surface area (Å²) in [5, 5.41) is 12.4. The van der Waals surface area contributed by atoms with E-state index >= 15 is 0 Å². The molecule has 1 saturated carbocycles. The molecule has 1 aromatic carbocycles. The number of carbonyl (C=O) groups excluding carboxylic acids is 1. The van der Waals surface area contributed by atoms with Crippen LogP contribution in [-0.4, -0.2) is 35.7 Å². The van der Waals surface area contributed by atoms with E-state index in [1.54, 1.807) is 7.05 Å². The molecule has 0 spiro atoms. The van der Waals surface area contributed by atoms with Crippen LogP contribution in [0.15, 0.2) is 18.2 Å². The number of aliphatic hydroxyl groups excluding tert-OH is 1. The third kappa shape index (κ3) is 4.39. The van der Waals surface area contributed by atoms with E-state index in [-0.39, 0.29) is 17.7 Å². The molecule has 0 saturated heterocycles. The highest BCUT2D eigenvalue weighted by Gasteiger charge is 2.25. The largest absolute Gasteiger partial charge is 0.393 e. The summed E-state index contributed by atoms with van der Waals surface area (Å²) in [5.74, 6) is -1.43. The minimum atomic E-state index is -0.740. The molecule has 1 fully saturated rings. The van der Waals surface area contributed by atoms with Gasteiger partial charge < -0.3 is 15.3 Å². The second-order valence-corrected chi connectivity index (χ2v) is 5.58. The summed E-state index contributed by atoms with van der Waals surface area (Å²) < 4.78 is 26.1. The molecule has 0 aromatic heterocycles. The fourth-order valence-corrected chi connectivity index (χ4v) is 2.68. The molecule has 2 N–H and O–H groups in total. The predicted octanol–water partition coefficient (Wildman–Crippen LogP) is 2.98. The maximum atomic E-state index is 13.1. The number of benzene rings is 1. The van der Waals surface area contributed by atoms with Crippen LogP contribution >= 0.6 is 0 Å². The van der Waals surface area contributed by atoms with Crippen LogP contribution in [-0.2, 0) is 0 Å². The maximum Gasteiger partial charge on any atom is 0.321 e. The molecule has 4 nitrogen and oxygen atoms in total. The van der Waals surface area contributed by atoms with Crippen LogP contribution in [0.25, 0.3) is 0 Å².